The highest BCUT2D eigenvalue weighted by molar-refractivity contribution is 5.79. The Morgan fingerprint density at radius 1 is 1.18 bits per heavy atom. The number of amides is 1. The molecule has 1 aromatic rings. The minimum absolute atomic E-state index is 0.202. The third-order valence-electron chi connectivity index (χ3n) is 5.13. The van der Waals surface area contributed by atoms with Crippen molar-refractivity contribution in [3.05, 3.63) is 29.8 Å². The Balaban J connectivity index is 1.44. The molecule has 22 heavy (non-hydrogen) atoms. The molecule has 1 amide bonds. The fourth-order valence-corrected chi connectivity index (χ4v) is 3.81. The Kier molecular flexibility index (Phi) is 4.98. The van der Waals surface area contributed by atoms with Crippen molar-refractivity contribution in [2.45, 2.75) is 51.1 Å². The summed E-state index contributed by atoms with van der Waals surface area (Å²) in [6, 6.07) is 7.94. The minimum atomic E-state index is 0.202. The van der Waals surface area contributed by atoms with Gasteiger partial charge in [0.05, 0.1) is 13.1 Å². The third kappa shape index (κ3) is 4.01. The van der Waals surface area contributed by atoms with E-state index in [9.17, 15) is 9.90 Å². The lowest BCUT2D eigenvalue weighted by atomic mass is 9.95. The van der Waals surface area contributed by atoms with Gasteiger partial charge in [-0.1, -0.05) is 25.0 Å². The van der Waals surface area contributed by atoms with Crippen LogP contribution in [0.25, 0.3) is 0 Å². The highest BCUT2D eigenvalue weighted by Crippen LogP contribution is 2.19. The van der Waals surface area contributed by atoms with Crippen molar-refractivity contribution in [2.75, 3.05) is 13.1 Å². The number of quaternary nitrogens is 1. The lowest BCUT2D eigenvalue weighted by molar-refractivity contribution is -0.919. The van der Waals surface area contributed by atoms with Crippen LogP contribution >= 0.6 is 0 Å². The molecule has 1 aliphatic heterocycles. The number of phenolic OH excluding ortho intramolecular Hbond substituents is 1. The van der Waals surface area contributed by atoms with Crippen molar-refractivity contribution in [3.8, 4) is 5.75 Å². The first kappa shape index (κ1) is 15.3. The zero-order valence-corrected chi connectivity index (χ0v) is 13.2. The fourth-order valence-electron chi connectivity index (χ4n) is 3.81. The van der Waals surface area contributed by atoms with E-state index in [-0.39, 0.29) is 11.8 Å². The van der Waals surface area contributed by atoms with Gasteiger partial charge in [-0.25, -0.2) is 0 Å². The SMILES string of the molecule is O=C(NC1CCCC1)C1CC[NH+](Cc2cccc(O)c2)CC1. The van der Waals surface area contributed by atoms with E-state index >= 15 is 0 Å². The number of piperidine rings is 1. The summed E-state index contributed by atoms with van der Waals surface area (Å²) in [5, 5.41) is 12.8. The van der Waals surface area contributed by atoms with E-state index in [1.165, 1.54) is 23.3 Å². The maximum atomic E-state index is 12.3. The summed E-state index contributed by atoms with van der Waals surface area (Å²) in [7, 11) is 0. The monoisotopic (exact) mass is 303 g/mol. The van der Waals surface area contributed by atoms with Gasteiger partial charge in [0, 0.05) is 30.4 Å². The van der Waals surface area contributed by atoms with Crippen molar-refractivity contribution in [2.24, 2.45) is 5.92 Å². The van der Waals surface area contributed by atoms with Crippen LogP contribution in [0.15, 0.2) is 24.3 Å². The van der Waals surface area contributed by atoms with E-state index in [0.29, 0.717) is 11.8 Å². The summed E-state index contributed by atoms with van der Waals surface area (Å²) in [6.45, 7) is 3.02. The zero-order chi connectivity index (χ0) is 15.4. The van der Waals surface area contributed by atoms with Gasteiger partial charge in [0.25, 0.3) is 0 Å². The summed E-state index contributed by atoms with van der Waals surface area (Å²) in [5.41, 5.74) is 1.17. The number of hydrogen-bond donors (Lipinski definition) is 3. The Morgan fingerprint density at radius 2 is 1.91 bits per heavy atom. The Hall–Kier alpha value is -1.55. The number of carbonyl (C=O) groups excluding carboxylic acids is 1. The zero-order valence-electron chi connectivity index (χ0n) is 13.2. The number of rotatable bonds is 4. The Labute approximate surface area is 132 Å². The molecule has 0 unspecified atom stereocenters. The molecule has 4 heteroatoms. The highest BCUT2D eigenvalue weighted by Gasteiger charge is 2.29. The number of hydrogen-bond acceptors (Lipinski definition) is 2. The second-order valence-electron chi connectivity index (χ2n) is 6.86. The van der Waals surface area contributed by atoms with Gasteiger partial charge in [-0.2, -0.15) is 0 Å². The highest BCUT2D eigenvalue weighted by atomic mass is 16.3. The van der Waals surface area contributed by atoms with Crippen LogP contribution in [0.1, 0.15) is 44.1 Å². The van der Waals surface area contributed by atoms with Gasteiger partial charge in [0.2, 0.25) is 5.91 Å². The van der Waals surface area contributed by atoms with Crippen LogP contribution in [0.5, 0.6) is 5.75 Å². The van der Waals surface area contributed by atoms with Gasteiger partial charge >= 0.3 is 0 Å². The van der Waals surface area contributed by atoms with E-state index in [2.05, 4.69) is 11.4 Å². The lowest BCUT2D eigenvalue weighted by Crippen LogP contribution is -3.11. The van der Waals surface area contributed by atoms with Crippen LogP contribution < -0.4 is 10.2 Å². The maximum absolute atomic E-state index is 12.3. The smallest absolute Gasteiger partial charge is 0.223 e. The maximum Gasteiger partial charge on any atom is 0.223 e. The Morgan fingerprint density at radius 3 is 2.59 bits per heavy atom. The van der Waals surface area contributed by atoms with E-state index < -0.39 is 0 Å². The standard InChI is InChI=1S/C18H26N2O2/c21-17-7-3-4-14(12-17)13-20-10-8-15(9-11-20)18(22)19-16-5-1-2-6-16/h3-4,7,12,15-16,21H,1-2,5-6,8-11,13H2,(H,19,22)/p+1. The van der Waals surface area contributed by atoms with Gasteiger partial charge in [-0.05, 0) is 25.0 Å². The molecule has 0 aromatic heterocycles. The van der Waals surface area contributed by atoms with Crippen LogP contribution in [0.2, 0.25) is 0 Å². The number of benzene rings is 1. The number of aromatic hydroxyl groups is 1. The normalized spacial score (nSPS) is 26.0. The van der Waals surface area contributed by atoms with Crippen molar-refractivity contribution < 1.29 is 14.8 Å². The first-order chi connectivity index (χ1) is 10.7. The molecule has 0 radical (unpaired) electrons. The van der Waals surface area contributed by atoms with Crippen molar-refractivity contribution in [1.29, 1.82) is 0 Å². The molecule has 2 fully saturated rings. The van der Waals surface area contributed by atoms with E-state index in [4.69, 9.17) is 0 Å². The molecule has 0 bridgehead atoms. The number of nitrogens with one attached hydrogen (secondary N) is 2. The molecule has 0 atom stereocenters. The molecule has 120 valence electrons. The molecule has 3 N–H and O–H groups in total. The molecule has 1 aliphatic carbocycles. The molecule has 1 saturated heterocycles. The van der Waals surface area contributed by atoms with E-state index in [1.54, 1.807) is 6.07 Å². The average Bonchev–Trinajstić information content (AvgIpc) is 3.01. The number of likely N-dealkylation sites (tertiary alicyclic amines) is 1. The lowest BCUT2D eigenvalue weighted by Gasteiger charge is -2.29. The summed E-state index contributed by atoms with van der Waals surface area (Å²) in [5.74, 6) is 0.819. The Bertz CT molecular complexity index is 504. The average molecular weight is 303 g/mol. The van der Waals surface area contributed by atoms with Crippen molar-refractivity contribution in [1.82, 2.24) is 5.32 Å². The van der Waals surface area contributed by atoms with Gasteiger partial charge in [0.1, 0.15) is 12.3 Å². The molecule has 1 aromatic carbocycles. The van der Waals surface area contributed by atoms with Crippen LogP contribution in [-0.2, 0) is 11.3 Å². The molecular formula is C18H27N2O2+. The predicted octanol–water partition coefficient (Wildman–Crippen LogP) is 1.25. The first-order valence-electron chi connectivity index (χ1n) is 8.62. The molecule has 0 spiro atoms. The van der Waals surface area contributed by atoms with E-state index in [1.807, 2.05) is 12.1 Å². The molecule has 2 aliphatic rings. The molecule has 3 rings (SSSR count). The molecular weight excluding hydrogens is 276 g/mol. The largest absolute Gasteiger partial charge is 0.508 e. The van der Waals surface area contributed by atoms with Crippen LogP contribution in [0.3, 0.4) is 0 Å². The molecule has 4 nitrogen and oxygen atoms in total. The number of phenols is 1. The van der Waals surface area contributed by atoms with E-state index in [0.717, 1.165) is 45.3 Å². The second kappa shape index (κ2) is 7.14. The second-order valence-corrected chi connectivity index (χ2v) is 6.86. The van der Waals surface area contributed by atoms with Crippen molar-refractivity contribution in [3.63, 3.8) is 0 Å². The quantitative estimate of drug-likeness (QED) is 0.784. The topological polar surface area (TPSA) is 53.8 Å². The molecule has 1 heterocycles. The summed E-state index contributed by atoms with van der Waals surface area (Å²) >= 11 is 0. The van der Waals surface area contributed by atoms with Crippen LogP contribution in [-0.4, -0.2) is 30.1 Å². The molecule has 1 saturated carbocycles. The third-order valence-corrected chi connectivity index (χ3v) is 5.13. The van der Waals surface area contributed by atoms with Gasteiger partial charge in [-0.15, -0.1) is 0 Å². The van der Waals surface area contributed by atoms with Gasteiger partial charge in [0.15, 0.2) is 0 Å². The predicted molar refractivity (Wildman–Crippen MR) is 85.6 cm³/mol. The summed E-state index contributed by atoms with van der Waals surface area (Å²) < 4.78 is 0. The van der Waals surface area contributed by atoms with Gasteiger partial charge < -0.3 is 15.3 Å². The minimum Gasteiger partial charge on any atom is -0.508 e. The number of carbonyl (C=O) groups is 1. The summed E-state index contributed by atoms with van der Waals surface area (Å²) in [4.78, 5) is 13.8. The summed E-state index contributed by atoms with van der Waals surface area (Å²) in [6.07, 6.45) is 6.80. The van der Waals surface area contributed by atoms with Gasteiger partial charge in [-0.3, -0.25) is 4.79 Å². The first-order valence-corrected chi connectivity index (χ1v) is 8.62. The van der Waals surface area contributed by atoms with Crippen molar-refractivity contribution >= 4 is 5.91 Å². The van der Waals surface area contributed by atoms with Crippen LogP contribution in [0.4, 0.5) is 0 Å². The fraction of sp³-hybridized carbons (Fsp3) is 0.611. The van der Waals surface area contributed by atoms with Crippen LogP contribution in [0, 0.1) is 5.92 Å².